The third kappa shape index (κ3) is 4.79. The lowest BCUT2D eigenvalue weighted by molar-refractivity contribution is -0.144. The van der Waals surface area contributed by atoms with E-state index in [1.54, 1.807) is 0 Å². The zero-order valence-electron chi connectivity index (χ0n) is 14.3. The molecule has 0 aliphatic heterocycles. The Kier molecular flexibility index (Phi) is 5.75. The minimum Gasteiger partial charge on any atom is -0.478 e. The summed E-state index contributed by atoms with van der Waals surface area (Å²) in [5, 5.41) is 11.9. The molecule has 2 aromatic carbocycles. The first-order valence-electron chi connectivity index (χ1n) is 7.79. The van der Waals surface area contributed by atoms with E-state index in [1.165, 1.54) is 24.3 Å². The normalized spacial score (nSPS) is 11.7. The molecule has 5 nitrogen and oxygen atoms in total. The van der Waals surface area contributed by atoms with Gasteiger partial charge in [-0.25, -0.2) is 9.18 Å². The third-order valence-electron chi connectivity index (χ3n) is 3.72. The quantitative estimate of drug-likeness (QED) is 0.844. The molecule has 0 spiro atoms. The van der Waals surface area contributed by atoms with Crippen molar-refractivity contribution in [1.29, 1.82) is 0 Å². The number of carboxylic acid groups (broad SMARTS) is 1. The summed E-state index contributed by atoms with van der Waals surface area (Å²) < 4.78 is 18.2. The summed E-state index contributed by atoms with van der Waals surface area (Å²) >= 11 is 0. The number of hydrogen-bond acceptors (Lipinski definition) is 3. The van der Waals surface area contributed by atoms with Gasteiger partial charge < -0.3 is 15.2 Å². The molecule has 0 saturated heterocycles. The molecule has 0 saturated carbocycles. The molecule has 0 heterocycles. The number of carbonyl (C=O) groups excluding carboxylic acids is 1. The van der Waals surface area contributed by atoms with Crippen molar-refractivity contribution in [3.8, 4) is 5.75 Å². The second-order valence-electron chi connectivity index (χ2n) is 5.88. The number of nitrogens with one attached hydrogen (secondary N) is 1. The Morgan fingerprint density at radius 2 is 1.68 bits per heavy atom. The highest BCUT2D eigenvalue weighted by molar-refractivity contribution is 5.97. The van der Waals surface area contributed by atoms with Crippen LogP contribution < -0.4 is 10.1 Å². The van der Waals surface area contributed by atoms with Crippen molar-refractivity contribution in [3.63, 3.8) is 0 Å². The third-order valence-corrected chi connectivity index (χ3v) is 3.72. The van der Waals surface area contributed by atoms with Crippen LogP contribution in [0.5, 0.6) is 5.75 Å². The van der Waals surface area contributed by atoms with Gasteiger partial charge in [-0.1, -0.05) is 17.7 Å². The number of benzene rings is 2. The average molecular weight is 345 g/mol. The standard InChI is InChI=1S/C19H20FNO4/c1-11-8-12(2)17(13(3)9-11)18(22)21-10-16(19(23)24)25-15-6-4-14(20)5-7-15/h4-9,16H,10H2,1-3H3,(H,21,22)(H,23,24). The molecule has 25 heavy (non-hydrogen) atoms. The number of halogens is 1. The maximum atomic E-state index is 12.9. The van der Waals surface area contributed by atoms with E-state index >= 15 is 0 Å². The summed E-state index contributed by atoms with van der Waals surface area (Å²) in [4.78, 5) is 23.8. The zero-order valence-corrected chi connectivity index (χ0v) is 14.3. The van der Waals surface area contributed by atoms with Crippen molar-refractivity contribution in [2.75, 3.05) is 6.54 Å². The van der Waals surface area contributed by atoms with Gasteiger partial charge in [0.15, 0.2) is 0 Å². The first-order chi connectivity index (χ1) is 11.8. The van der Waals surface area contributed by atoms with Gasteiger partial charge in [0.2, 0.25) is 6.10 Å². The molecule has 2 N–H and O–H groups in total. The van der Waals surface area contributed by atoms with Crippen LogP contribution >= 0.6 is 0 Å². The van der Waals surface area contributed by atoms with Crippen molar-refractivity contribution >= 4 is 11.9 Å². The Labute approximate surface area is 145 Å². The number of carboxylic acids is 1. The molecule has 2 rings (SSSR count). The molecule has 0 bridgehead atoms. The predicted octanol–water partition coefficient (Wildman–Crippen LogP) is 3.01. The van der Waals surface area contributed by atoms with Crippen LogP contribution in [0.15, 0.2) is 36.4 Å². The number of aliphatic carboxylic acids is 1. The molecule has 132 valence electrons. The van der Waals surface area contributed by atoms with Crippen LogP contribution in [0.25, 0.3) is 0 Å². The molecule has 0 aliphatic carbocycles. The Bertz CT molecular complexity index is 764. The molecular formula is C19H20FNO4. The topological polar surface area (TPSA) is 75.6 Å². The smallest absolute Gasteiger partial charge is 0.346 e. The van der Waals surface area contributed by atoms with Crippen LogP contribution in [-0.4, -0.2) is 29.6 Å². The lowest BCUT2D eigenvalue weighted by atomic mass is 9.99. The summed E-state index contributed by atoms with van der Waals surface area (Å²) in [6.07, 6.45) is -1.28. The first kappa shape index (κ1) is 18.4. The van der Waals surface area contributed by atoms with Crippen LogP contribution in [0.2, 0.25) is 0 Å². The van der Waals surface area contributed by atoms with Gasteiger partial charge in [-0.2, -0.15) is 0 Å². The summed E-state index contributed by atoms with van der Waals surface area (Å²) in [5.74, 6) is -1.81. The number of hydrogen-bond donors (Lipinski definition) is 2. The van der Waals surface area contributed by atoms with Crippen LogP contribution in [0.1, 0.15) is 27.0 Å². The van der Waals surface area contributed by atoms with Crippen molar-refractivity contribution in [2.45, 2.75) is 26.9 Å². The van der Waals surface area contributed by atoms with Crippen molar-refractivity contribution < 1.29 is 23.8 Å². The number of carbonyl (C=O) groups is 2. The largest absolute Gasteiger partial charge is 0.478 e. The molecule has 0 radical (unpaired) electrons. The summed E-state index contributed by atoms with van der Waals surface area (Å²) in [6.45, 7) is 5.40. The van der Waals surface area contributed by atoms with Crippen molar-refractivity contribution in [2.24, 2.45) is 0 Å². The van der Waals surface area contributed by atoms with Crippen LogP contribution in [0, 0.1) is 26.6 Å². The minimum atomic E-state index is -1.28. The maximum absolute atomic E-state index is 12.9. The predicted molar refractivity (Wildman–Crippen MR) is 91.4 cm³/mol. The van der Waals surface area contributed by atoms with Crippen molar-refractivity contribution in [1.82, 2.24) is 5.32 Å². The first-order valence-corrected chi connectivity index (χ1v) is 7.79. The van der Waals surface area contributed by atoms with E-state index in [0.29, 0.717) is 5.56 Å². The number of ether oxygens (including phenoxy) is 1. The highest BCUT2D eigenvalue weighted by atomic mass is 19.1. The van der Waals surface area contributed by atoms with Gasteiger partial charge in [-0.05, 0) is 56.2 Å². The Morgan fingerprint density at radius 3 is 2.20 bits per heavy atom. The van der Waals surface area contributed by atoms with E-state index in [9.17, 15) is 19.1 Å². The maximum Gasteiger partial charge on any atom is 0.346 e. The van der Waals surface area contributed by atoms with Gasteiger partial charge in [0.25, 0.3) is 5.91 Å². The second-order valence-corrected chi connectivity index (χ2v) is 5.88. The minimum absolute atomic E-state index is 0.210. The molecule has 0 aliphatic rings. The SMILES string of the molecule is Cc1cc(C)c(C(=O)NCC(Oc2ccc(F)cc2)C(=O)O)c(C)c1. The zero-order chi connectivity index (χ0) is 18.6. The van der Waals surface area contributed by atoms with Gasteiger partial charge in [0.1, 0.15) is 11.6 Å². The van der Waals surface area contributed by atoms with E-state index in [4.69, 9.17) is 4.74 Å². The number of amides is 1. The summed E-state index contributed by atoms with van der Waals surface area (Å²) in [5.41, 5.74) is 3.22. The monoisotopic (exact) mass is 345 g/mol. The van der Waals surface area contributed by atoms with E-state index in [-0.39, 0.29) is 18.2 Å². The van der Waals surface area contributed by atoms with Crippen LogP contribution in [0.4, 0.5) is 4.39 Å². The molecule has 6 heteroatoms. The molecule has 1 amide bonds. The summed E-state index contributed by atoms with van der Waals surface area (Å²) in [7, 11) is 0. The number of aryl methyl sites for hydroxylation is 3. The van der Waals surface area contributed by atoms with E-state index in [0.717, 1.165) is 16.7 Å². The van der Waals surface area contributed by atoms with Crippen molar-refractivity contribution in [3.05, 3.63) is 64.5 Å². The fourth-order valence-corrected chi connectivity index (χ4v) is 2.67. The highest BCUT2D eigenvalue weighted by Gasteiger charge is 2.22. The Morgan fingerprint density at radius 1 is 1.12 bits per heavy atom. The van der Waals surface area contributed by atoms with E-state index in [2.05, 4.69) is 5.32 Å². The van der Waals surface area contributed by atoms with E-state index in [1.807, 2.05) is 32.9 Å². The van der Waals surface area contributed by atoms with Gasteiger partial charge in [-0.3, -0.25) is 4.79 Å². The Balaban J connectivity index is 2.07. The molecule has 0 fully saturated rings. The average Bonchev–Trinajstić information content (AvgIpc) is 2.51. The van der Waals surface area contributed by atoms with Gasteiger partial charge in [-0.15, -0.1) is 0 Å². The lowest BCUT2D eigenvalue weighted by Gasteiger charge is -2.17. The fourth-order valence-electron chi connectivity index (χ4n) is 2.67. The lowest BCUT2D eigenvalue weighted by Crippen LogP contribution is -2.40. The van der Waals surface area contributed by atoms with Crippen LogP contribution in [-0.2, 0) is 4.79 Å². The molecule has 0 aromatic heterocycles. The van der Waals surface area contributed by atoms with Crippen LogP contribution in [0.3, 0.4) is 0 Å². The van der Waals surface area contributed by atoms with Gasteiger partial charge in [0, 0.05) is 5.56 Å². The molecule has 1 atom stereocenters. The fraction of sp³-hybridized carbons (Fsp3) is 0.263. The number of rotatable bonds is 6. The second kappa shape index (κ2) is 7.79. The van der Waals surface area contributed by atoms with Gasteiger partial charge in [0.05, 0.1) is 6.54 Å². The summed E-state index contributed by atoms with van der Waals surface area (Å²) in [6, 6.07) is 8.80. The Hall–Kier alpha value is -2.89. The molecule has 1 unspecified atom stereocenters. The van der Waals surface area contributed by atoms with E-state index < -0.39 is 17.9 Å². The molecule has 2 aromatic rings. The van der Waals surface area contributed by atoms with Gasteiger partial charge >= 0.3 is 5.97 Å². The molecular weight excluding hydrogens is 325 g/mol. The highest BCUT2D eigenvalue weighted by Crippen LogP contribution is 2.17.